The van der Waals surface area contributed by atoms with E-state index in [0.717, 1.165) is 11.3 Å². The zero-order chi connectivity index (χ0) is 9.68. The lowest BCUT2D eigenvalue weighted by Crippen LogP contribution is -2.03. The maximum absolute atomic E-state index is 9.14. The molecule has 0 aliphatic heterocycles. The normalized spacial score (nSPS) is 12.5. The number of benzene rings is 1. The number of hydrogen-bond acceptors (Lipinski definition) is 2. The molecule has 1 aromatic rings. The molecule has 1 aromatic carbocycles. The molecule has 0 saturated carbocycles. The third kappa shape index (κ3) is 3.47. The Morgan fingerprint density at radius 3 is 2.46 bits per heavy atom. The van der Waals surface area contributed by atoms with E-state index < -0.39 is 0 Å². The minimum atomic E-state index is -0.292. The third-order valence-electron chi connectivity index (χ3n) is 1.72. The van der Waals surface area contributed by atoms with Crippen LogP contribution in [0.15, 0.2) is 24.3 Å². The van der Waals surface area contributed by atoms with Gasteiger partial charge < -0.3 is 9.84 Å². The Balaban J connectivity index is 2.59. The van der Waals surface area contributed by atoms with Crippen LogP contribution in [0.25, 0.3) is 0 Å². The Kier molecular flexibility index (Phi) is 3.77. The molecule has 1 atom stereocenters. The minimum Gasteiger partial charge on any atom is -0.494 e. The van der Waals surface area contributed by atoms with Crippen molar-refractivity contribution in [3.05, 3.63) is 36.8 Å². The van der Waals surface area contributed by atoms with Crippen molar-refractivity contribution >= 4 is 0 Å². The van der Waals surface area contributed by atoms with Crippen molar-refractivity contribution in [1.29, 1.82) is 0 Å². The maximum atomic E-state index is 9.14. The van der Waals surface area contributed by atoms with E-state index in [-0.39, 0.29) is 6.10 Å². The van der Waals surface area contributed by atoms with Gasteiger partial charge in [0.25, 0.3) is 0 Å². The highest BCUT2D eigenvalue weighted by Crippen LogP contribution is 2.13. The molecule has 13 heavy (non-hydrogen) atoms. The zero-order valence-corrected chi connectivity index (χ0v) is 7.86. The van der Waals surface area contributed by atoms with Gasteiger partial charge in [0.1, 0.15) is 5.75 Å². The van der Waals surface area contributed by atoms with Gasteiger partial charge >= 0.3 is 0 Å². The second kappa shape index (κ2) is 4.87. The summed E-state index contributed by atoms with van der Waals surface area (Å²) in [5.74, 6) is 0.823. The molecule has 71 valence electrons. The molecule has 1 N–H and O–H groups in total. The highest BCUT2D eigenvalue weighted by molar-refractivity contribution is 5.27. The van der Waals surface area contributed by atoms with Crippen molar-refractivity contribution in [3.8, 4) is 5.75 Å². The molecule has 1 unspecified atom stereocenters. The predicted molar refractivity (Wildman–Crippen MR) is 52.7 cm³/mol. The molecule has 2 nitrogen and oxygen atoms in total. The van der Waals surface area contributed by atoms with Gasteiger partial charge in [-0.3, -0.25) is 0 Å². The SMILES string of the molecule is [CH2]COc1ccc(CC(C)O)cc1. The van der Waals surface area contributed by atoms with Crippen molar-refractivity contribution in [1.82, 2.24) is 0 Å². The maximum Gasteiger partial charge on any atom is 0.119 e. The molecule has 0 bridgehead atoms. The molecule has 0 spiro atoms. The molecule has 0 aliphatic carbocycles. The lowest BCUT2D eigenvalue weighted by Gasteiger charge is -2.06. The molecular weight excluding hydrogens is 164 g/mol. The molecule has 0 fully saturated rings. The van der Waals surface area contributed by atoms with Crippen LogP contribution in [-0.2, 0) is 6.42 Å². The highest BCUT2D eigenvalue weighted by Gasteiger charge is 1.98. The molecule has 1 radical (unpaired) electrons. The van der Waals surface area contributed by atoms with Crippen molar-refractivity contribution < 1.29 is 9.84 Å². The molecule has 0 amide bonds. The molecular formula is C11H15O2. The van der Waals surface area contributed by atoms with Crippen LogP contribution >= 0.6 is 0 Å². The Labute approximate surface area is 79.2 Å². The van der Waals surface area contributed by atoms with E-state index >= 15 is 0 Å². The Hall–Kier alpha value is -1.02. The van der Waals surface area contributed by atoms with Crippen LogP contribution in [0, 0.1) is 6.92 Å². The highest BCUT2D eigenvalue weighted by atomic mass is 16.5. The average molecular weight is 179 g/mol. The molecule has 0 heterocycles. The first-order chi connectivity index (χ1) is 6.22. The van der Waals surface area contributed by atoms with Crippen LogP contribution in [-0.4, -0.2) is 17.8 Å². The Bertz CT molecular complexity index is 239. The van der Waals surface area contributed by atoms with Gasteiger partial charge in [0.05, 0.1) is 12.7 Å². The lowest BCUT2D eigenvalue weighted by molar-refractivity contribution is 0.195. The zero-order valence-electron chi connectivity index (χ0n) is 7.86. The quantitative estimate of drug-likeness (QED) is 0.764. The van der Waals surface area contributed by atoms with Gasteiger partial charge in [-0.05, 0) is 38.0 Å². The van der Waals surface area contributed by atoms with E-state index in [1.54, 1.807) is 6.92 Å². The van der Waals surface area contributed by atoms with Crippen LogP contribution in [0.2, 0.25) is 0 Å². The van der Waals surface area contributed by atoms with Gasteiger partial charge in [0, 0.05) is 0 Å². The first-order valence-electron chi connectivity index (χ1n) is 4.41. The van der Waals surface area contributed by atoms with Crippen LogP contribution in [0.4, 0.5) is 0 Å². The molecule has 0 aliphatic rings. The second-order valence-electron chi connectivity index (χ2n) is 3.05. The fourth-order valence-electron chi connectivity index (χ4n) is 1.18. The van der Waals surface area contributed by atoms with E-state index in [1.165, 1.54) is 0 Å². The molecule has 2 heteroatoms. The lowest BCUT2D eigenvalue weighted by atomic mass is 10.1. The van der Waals surface area contributed by atoms with Gasteiger partial charge in [0.2, 0.25) is 0 Å². The van der Waals surface area contributed by atoms with Crippen molar-refractivity contribution in [2.45, 2.75) is 19.4 Å². The number of hydrogen-bond donors (Lipinski definition) is 1. The Morgan fingerprint density at radius 1 is 1.38 bits per heavy atom. The number of aliphatic hydroxyl groups excluding tert-OH is 1. The number of rotatable bonds is 4. The summed E-state index contributed by atoms with van der Waals surface area (Å²) >= 11 is 0. The summed E-state index contributed by atoms with van der Waals surface area (Å²) in [5, 5.41) is 9.14. The van der Waals surface area contributed by atoms with Crippen molar-refractivity contribution in [3.63, 3.8) is 0 Å². The van der Waals surface area contributed by atoms with Gasteiger partial charge in [-0.1, -0.05) is 12.1 Å². The fraction of sp³-hybridized carbons (Fsp3) is 0.364. The number of aliphatic hydroxyl groups is 1. The van der Waals surface area contributed by atoms with Crippen LogP contribution in [0.3, 0.4) is 0 Å². The minimum absolute atomic E-state index is 0.292. The van der Waals surface area contributed by atoms with E-state index in [4.69, 9.17) is 9.84 Å². The van der Waals surface area contributed by atoms with E-state index in [0.29, 0.717) is 13.0 Å². The summed E-state index contributed by atoms with van der Waals surface area (Å²) in [6.07, 6.45) is 0.393. The van der Waals surface area contributed by atoms with Crippen LogP contribution in [0.1, 0.15) is 12.5 Å². The van der Waals surface area contributed by atoms with E-state index in [1.807, 2.05) is 24.3 Å². The van der Waals surface area contributed by atoms with Gasteiger partial charge in [-0.15, -0.1) is 0 Å². The fourth-order valence-corrected chi connectivity index (χ4v) is 1.18. The molecule has 0 aromatic heterocycles. The first kappa shape index (κ1) is 10.1. The van der Waals surface area contributed by atoms with Crippen LogP contribution in [0.5, 0.6) is 5.75 Å². The molecule has 0 saturated heterocycles. The summed E-state index contributed by atoms with van der Waals surface area (Å²) in [6.45, 7) is 5.81. The van der Waals surface area contributed by atoms with Gasteiger partial charge in [0.15, 0.2) is 0 Å². The summed E-state index contributed by atoms with van der Waals surface area (Å²) in [6, 6.07) is 7.70. The summed E-state index contributed by atoms with van der Waals surface area (Å²) in [5.41, 5.74) is 1.12. The third-order valence-corrected chi connectivity index (χ3v) is 1.72. The standard InChI is InChI=1S/C11H15O2/c1-3-13-11-6-4-10(5-7-11)8-9(2)12/h4-7,9,12H,1,3,8H2,2H3. The first-order valence-corrected chi connectivity index (χ1v) is 4.41. The Morgan fingerprint density at radius 2 is 2.00 bits per heavy atom. The smallest absolute Gasteiger partial charge is 0.119 e. The van der Waals surface area contributed by atoms with E-state index in [2.05, 4.69) is 6.92 Å². The monoisotopic (exact) mass is 179 g/mol. The largest absolute Gasteiger partial charge is 0.494 e. The summed E-state index contributed by atoms with van der Waals surface area (Å²) in [7, 11) is 0. The number of ether oxygens (including phenoxy) is 1. The second-order valence-corrected chi connectivity index (χ2v) is 3.05. The predicted octanol–water partition coefficient (Wildman–Crippen LogP) is 1.82. The summed E-state index contributed by atoms with van der Waals surface area (Å²) in [4.78, 5) is 0. The van der Waals surface area contributed by atoms with Crippen molar-refractivity contribution in [2.24, 2.45) is 0 Å². The van der Waals surface area contributed by atoms with E-state index in [9.17, 15) is 0 Å². The summed E-state index contributed by atoms with van der Waals surface area (Å²) < 4.78 is 5.19. The van der Waals surface area contributed by atoms with Crippen molar-refractivity contribution in [2.75, 3.05) is 6.61 Å². The topological polar surface area (TPSA) is 29.5 Å². The van der Waals surface area contributed by atoms with Gasteiger partial charge in [-0.2, -0.15) is 0 Å². The van der Waals surface area contributed by atoms with Gasteiger partial charge in [-0.25, -0.2) is 0 Å². The van der Waals surface area contributed by atoms with Crippen LogP contribution < -0.4 is 4.74 Å². The molecule has 1 rings (SSSR count). The average Bonchev–Trinajstić information content (AvgIpc) is 2.08.